The Kier molecular flexibility index (Phi) is 3.69. The molecule has 0 fully saturated rings. The first-order valence-electron chi connectivity index (χ1n) is 5.95. The lowest BCUT2D eigenvalue weighted by Crippen LogP contribution is -2.20. The van der Waals surface area contributed by atoms with Crippen molar-refractivity contribution in [2.75, 3.05) is 13.1 Å². The molecule has 7 heteroatoms. The van der Waals surface area contributed by atoms with Crippen molar-refractivity contribution >= 4 is 29.1 Å². The molecule has 2 N–H and O–H groups in total. The second-order valence-corrected chi connectivity index (χ2v) is 4.54. The van der Waals surface area contributed by atoms with Gasteiger partial charge in [-0.05, 0) is 25.1 Å². The monoisotopic (exact) mass is 303 g/mol. The number of alkyl halides is 3. The summed E-state index contributed by atoms with van der Waals surface area (Å²) < 4.78 is 38.3. The molecule has 1 aliphatic heterocycles. The summed E-state index contributed by atoms with van der Waals surface area (Å²) in [5, 5.41) is 3.65. The van der Waals surface area contributed by atoms with Crippen molar-refractivity contribution in [3.8, 4) is 0 Å². The first kappa shape index (κ1) is 14.7. The maximum Gasteiger partial charge on any atom is 0.416 e. The van der Waals surface area contributed by atoms with Crippen LogP contribution in [0.2, 0.25) is 0 Å². The predicted octanol–water partition coefficient (Wildman–Crippen LogP) is 3.27. The zero-order valence-electron chi connectivity index (χ0n) is 10.6. The minimum atomic E-state index is -4.33. The molecule has 0 atom stereocenters. The predicted molar refractivity (Wildman–Crippen MR) is 74.7 cm³/mol. The second-order valence-electron chi connectivity index (χ2n) is 4.54. The molecule has 0 saturated carbocycles. The van der Waals surface area contributed by atoms with Crippen LogP contribution in [0.3, 0.4) is 0 Å². The van der Waals surface area contributed by atoms with Crippen LogP contribution in [0, 0.1) is 6.92 Å². The molecule has 0 spiro atoms. The lowest BCUT2D eigenvalue weighted by Gasteiger charge is -2.07. The van der Waals surface area contributed by atoms with Crippen LogP contribution in [0.25, 0.3) is 10.9 Å². The Morgan fingerprint density at radius 2 is 2.00 bits per heavy atom. The van der Waals surface area contributed by atoms with E-state index in [4.69, 9.17) is 0 Å². The van der Waals surface area contributed by atoms with Crippen LogP contribution in [0.1, 0.15) is 16.8 Å². The fourth-order valence-electron chi connectivity index (χ4n) is 2.37. The van der Waals surface area contributed by atoms with Crippen LogP contribution in [0.5, 0.6) is 0 Å². The van der Waals surface area contributed by atoms with Crippen molar-refractivity contribution in [1.29, 1.82) is 0 Å². The molecule has 0 radical (unpaired) electrons. The molecule has 0 saturated heterocycles. The summed E-state index contributed by atoms with van der Waals surface area (Å²) in [6.07, 6.45) is -4.33. The van der Waals surface area contributed by atoms with Crippen LogP contribution >= 0.6 is 12.4 Å². The number of nitrogens with one attached hydrogen (secondary N) is 2. The standard InChI is InChI=1S/C13H12F3N3.ClH/c1-7-11(12-17-4-5-18-12)9-6-8(13(14,15)16)2-3-10(9)19-7;/h2-3,6,19H,4-5H2,1H3,(H,17,18);1H. The van der Waals surface area contributed by atoms with Crippen molar-refractivity contribution in [3.63, 3.8) is 0 Å². The van der Waals surface area contributed by atoms with Crippen LogP contribution < -0.4 is 5.32 Å². The summed E-state index contributed by atoms with van der Waals surface area (Å²) in [5.41, 5.74) is 1.61. The third kappa shape index (κ3) is 2.35. The Bertz CT molecular complexity index is 673. The number of aromatic nitrogens is 1. The summed E-state index contributed by atoms with van der Waals surface area (Å²) in [6.45, 7) is 3.21. The maximum atomic E-state index is 12.8. The van der Waals surface area contributed by atoms with Gasteiger partial charge in [0.25, 0.3) is 0 Å². The van der Waals surface area contributed by atoms with E-state index in [9.17, 15) is 13.2 Å². The van der Waals surface area contributed by atoms with Crippen molar-refractivity contribution in [3.05, 3.63) is 35.0 Å². The average molecular weight is 304 g/mol. The van der Waals surface area contributed by atoms with Gasteiger partial charge in [-0.2, -0.15) is 13.2 Å². The summed E-state index contributed by atoms with van der Waals surface area (Å²) >= 11 is 0. The van der Waals surface area contributed by atoms with E-state index in [1.165, 1.54) is 12.1 Å². The summed E-state index contributed by atoms with van der Waals surface area (Å²) in [4.78, 5) is 7.38. The molecule has 1 aliphatic rings. The van der Waals surface area contributed by atoms with Gasteiger partial charge in [0.05, 0.1) is 12.1 Å². The molecule has 2 aromatic rings. The number of H-pyrrole nitrogens is 1. The highest BCUT2D eigenvalue weighted by molar-refractivity contribution is 6.11. The molecule has 0 aliphatic carbocycles. The Morgan fingerprint density at radius 3 is 2.60 bits per heavy atom. The second kappa shape index (κ2) is 5.01. The van der Waals surface area contributed by atoms with Crippen LogP contribution in [-0.4, -0.2) is 23.9 Å². The molecule has 0 amide bonds. The highest BCUT2D eigenvalue weighted by Gasteiger charge is 2.31. The Balaban J connectivity index is 0.00000147. The molecule has 108 valence electrons. The number of rotatable bonds is 1. The first-order chi connectivity index (χ1) is 8.97. The summed E-state index contributed by atoms with van der Waals surface area (Å²) in [6, 6.07) is 3.73. The van der Waals surface area contributed by atoms with Crippen LogP contribution in [0.15, 0.2) is 23.2 Å². The molecule has 3 rings (SSSR count). The molecule has 20 heavy (non-hydrogen) atoms. The van der Waals surface area contributed by atoms with E-state index in [2.05, 4.69) is 15.3 Å². The van der Waals surface area contributed by atoms with Gasteiger partial charge in [-0.25, -0.2) is 0 Å². The number of hydrogen-bond acceptors (Lipinski definition) is 2. The van der Waals surface area contributed by atoms with Crippen molar-refractivity contribution in [2.24, 2.45) is 4.99 Å². The summed E-state index contributed by atoms with van der Waals surface area (Å²) in [5.74, 6) is 0.670. The largest absolute Gasteiger partial charge is 0.416 e. The first-order valence-corrected chi connectivity index (χ1v) is 5.95. The number of aromatic amines is 1. The quantitative estimate of drug-likeness (QED) is 0.834. The van der Waals surface area contributed by atoms with Gasteiger partial charge in [0.15, 0.2) is 0 Å². The molecule has 1 aromatic carbocycles. The Morgan fingerprint density at radius 1 is 1.25 bits per heavy atom. The number of aryl methyl sites for hydroxylation is 1. The Hall–Kier alpha value is -1.69. The van der Waals surface area contributed by atoms with Crippen LogP contribution in [0.4, 0.5) is 13.2 Å². The minimum Gasteiger partial charge on any atom is -0.368 e. The van der Waals surface area contributed by atoms with Gasteiger partial charge in [0.1, 0.15) is 5.84 Å². The molecule has 0 bridgehead atoms. The zero-order valence-corrected chi connectivity index (χ0v) is 11.5. The maximum absolute atomic E-state index is 12.8. The van der Waals surface area contributed by atoms with Gasteiger partial charge < -0.3 is 10.3 Å². The van der Waals surface area contributed by atoms with Gasteiger partial charge in [-0.15, -0.1) is 12.4 Å². The third-order valence-corrected chi connectivity index (χ3v) is 3.22. The van der Waals surface area contributed by atoms with E-state index in [0.29, 0.717) is 23.3 Å². The normalized spacial score (nSPS) is 14.9. The smallest absolute Gasteiger partial charge is 0.368 e. The molecule has 3 nitrogen and oxygen atoms in total. The number of benzene rings is 1. The van der Waals surface area contributed by atoms with Crippen molar-refractivity contribution < 1.29 is 13.2 Å². The van der Waals surface area contributed by atoms with Gasteiger partial charge >= 0.3 is 6.18 Å². The van der Waals surface area contributed by atoms with Crippen molar-refractivity contribution in [1.82, 2.24) is 10.3 Å². The highest BCUT2D eigenvalue weighted by Crippen LogP contribution is 2.33. The highest BCUT2D eigenvalue weighted by atomic mass is 35.5. The van der Waals surface area contributed by atoms with Crippen LogP contribution in [-0.2, 0) is 6.18 Å². The zero-order chi connectivity index (χ0) is 13.6. The van der Waals surface area contributed by atoms with E-state index in [-0.39, 0.29) is 12.4 Å². The van der Waals surface area contributed by atoms with Gasteiger partial charge in [-0.3, -0.25) is 4.99 Å². The molecular formula is C13H13ClF3N3. The van der Waals surface area contributed by atoms with E-state index in [0.717, 1.165) is 23.9 Å². The van der Waals surface area contributed by atoms with Gasteiger partial charge in [0.2, 0.25) is 0 Å². The number of amidine groups is 1. The SMILES string of the molecule is Cc1[nH]c2ccc(C(F)(F)F)cc2c1C1=NCCN1.Cl. The van der Waals surface area contributed by atoms with E-state index >= 15 is 0 Å². The topological polar surface area (TPSA) is 40.2 Å². The fraction of sp³-hybridized carbons (Fsp3) is 0.308. The summed E-state index contributed by atoms with van der Waals surface area (Å²) in [7, 11) is 0. The molecular weight excluding hydrogens is 291 g/mol. The lowest BCUT2D eigenvalue weighted by atomic mass is 10.1. The fourth-order valence-corrected chi connectivity index (χ4v) is 2.37. The van der Waals surface area contributed by atoms with E-state index < -0.39 is 11.7 Å². The number of aliphatic imine (C=N–C) groups is 1. The third-order valence-electron chi connectivity index (χ3n) is 3.22. The minimum absolute atomic E-state index is 0. The lowest BCUT2D eigenvalue weighted by molar-refractivity contribution is -0.137. The van der Waals surface area contributed by atoms with Crippen molar-refractivity contribution in [2.45, 2.75) is 13.1 Å². The number of halogens is 4. The average Bonchev–Trinajstić information content (AvgIpc) is 2.92. The number of hydrogen-bond donors (Lipinski definition) is 2. The molecule has 0 unspecified atom stereocenters. The van der Waals surface area contributed by atoms with E-state index in [1.807, 2.05) is 6.92 Å². The van der Waals surface area contributed by atoms with Gasteiger partial charge in [0, 0.05) is 28.7 Å². The number of fused-ring (bicyclic) bond motifs is 1. The van der Waals surface area contributed by atoms with E-state index in [1.54, 1.807) is 0 Å². The molecule has 1 aromatic heterocycles. The number of nitrogens with zero attached hydrogens (tertiary/aromatic N) is 1. The molecule has 2 heterocycles. The van der Waals surface area contributed by atoms with Gasteiger partial charge in [-0.1, -0.05) is 0 Å². The Labute approximate surface area is 119 Å².